The first-order chi connectivity index (χ1) is 14.2. The minimum absolute atomic E-state index is 0.0811. The van der Waals surface area contributed by atoms with Crippen molar-refractivity contribution in [3.63, 3.8) is 0 Å². The van der Waals surface area contributed by atoms with Crippen LogP contribution < -0.4 is 15.8 Å². The number of carbonyl (C=O) groups is 2. The van der Waals surface area contributed by atoms with Crippen LogP contribution in [-0.4, -0.2) is 25.2 Å². The van der Waals surface area contributed by atoms with Crippen molar-refractivity contribution in [1.29, 1.82) is 0 Å². The number of nitrogens with two attached hydrogens (primary N) is 1. The van der Waals surface area contributed by atoms with E-state index in [2.05, 4.69) is 15.0 Å². The summed E-state index contributed by atoms with van der Waals surface area (Å²) in [6, 6.07) is 10.6. The van der Waals surface area contributed by atoms with E-state index in [0.29, 0.717) is 23.4 Å². The summed E-state index contributed by atoms with van der Waals surface area (Å²) < 4.78 is 39.9. The van der Waals surface area contributed by atoms with Crippen LogP contribution in [0.25, 0.3) is 0 Å². The zero-order valence-corrected chi connectivity index (χ0v) is 17.1. The summed E-state index contributed by atoms with van der Waals surface area (Å²) in [5.74, 6) is -1.35. The Hall–Kier alpha value is -3.31. The van der Waals surface area contributed by atoms with Crippen LogP contribution in [0.4, 0.5) is 15.2 Å². The molecule has 0 saturated heterocycles. The first-order valence-electron chi connectivity index (χ1n) is 8.65. The topological polar surface area (TPSA) is 131 Å². The van der Waals surface area contributed by atoms with E-state index in [9.17, 15) is 22.4 Å². The summed E-state index contributed by atoms with van der Waals surface area (Å²) in [7, 11) is -3.88. The van der Waals surface area contributed by atoms with E-state index in [1.165, 1.54) is 12.1 Å². The molecule has 0 saturated carbocycles. The molecule has 4 N–H and O–H groups in total. The van der Waals surface area contributed by atoms with Gasteiger partial charge in [0.1, 0.15) is 5.82 Å². The van der Waals surface area contributed by atoms with Gasteiger partial charge in [0.25, 0.3) is 10.0 Å². The first kappa shape index (κ1) is 21.4. The highest BCUT2D eigenvalue weighted by Gasteiger charge is 2.16. The Bertz CT molecular complexity index is 1160. The van der Waals surface area contributed by atoms with E-state index in [-0.39, 0.29) is 22.4 Å². The fraction of sp³-hybridized carbons (Fsp3) is 0.105. The van der Waals surface area contributed by atoms with Crippen molar-refractivity contribution < 1.29 is 22.4 Å². The molecular weight excluding hydrogens is 431 g/mol. The van der Waals surface area contributed by atoms with Gasteiger partial charge in [-0.1, -0.05) is 0 Å². The fourth-order valence-electron chi connectivity index (χ4n) is 2.44. The number of halogens is 1. The molecule has 3 aromatic rings. The molecular formula is C19H17FN4O4S2. The number of hydrogen-bond donors (Lipinski definition) is 3. The highest BCUT2D eigenvalue weighted by atomic mass is 32.2. The van der Waals surface area contributed by atoms with E-state index in [0.717, 1.165) is 35.6 Å². The molecule has 1 aromatic heterocycles. The largest absolute Gasteiger partial charge is 0.366 e. The first-order valence-corrected chi connectivity index (χ1v) is 11.0. The van der Waals surface area contributed by atoms with Gasteiger partial charge in [-0.3, -0.25) is 14.3 Å². The number of primary amides is 1. The lowest BCUT2D eigenvalue weighted by atomic mass is 10.2. The van der Waals surface area contributed by atoms with Crippen LogP contribution in [0, 0.1) is 5.82 Å². The van der Waals surface area contributed by atoms with Crippen LogP contribution in [0.3, 0.4) is 0 Å². The number of anilines is 2. The third-order valence-electron chi connectivity index (χ3n) is 3.96. The number of nitrogens with zero attached hydrogens (tertiary/aromatic N) is 1. The molecule has 0 spiro atoms. The summed E-state index contributed by atoms with van der Waals surface area (Å²) >= 11 is 1.08. The molecule has 0 aliphatic rings. The number of thiazole rings is 1. The number of carbonyl (C=O) groups excluding carboxylic acids is 2. The minimum atomic E-state index is -3.88. The van der Waals surface area contributed by atoms with Gasteiger partial charge in [-0.25, -0.2) is 17.8 Å². The molecule has 11 heteroatoms. The molecule has 30 heavy (non-hydrogen) atoms. The van der Waals surface area contributed by atoms with Gasteiger partial charge in [0, 0.05) is 23.1 Å². The van der Waals surface area contributed by atoms with E-state index in [1.807, 2.05) is 0 Å². The molecule has 2 aromatic carbocycles. The van der Waals surface area contributed by atoms with Gasteiger partial charge in [-0.15, -0.1) is 11.3 Å². The average Bonchev–Trinajstić information content (AvgIpc) is 3.14. The van der Waals surface area contributed by atoms with Gasteiger partial charge in [0.15, 0.2) is 5.13 Å². The molecule has 2 amide bonds. The highest BCUT2D eigenvalue weighted by molar-refractivity contribution is 7.93. The molecule has 3 rings (SSSR count). The fourth-order valence-corrected chi connectivity index (χ4v) is 4.44. The van der Waals surface area contributed by atoms with Crippen LogP contribution in [0.1, 0.15) is 22.5 Å². The molecule has 156 valence electrons. The third-order valence-corrected chi connectivity index (χ3v) is 6.25. The molecule has 0 atom stereocenters. The summed E-state index contributed by atoms with van der Waals surface area (Å²) in [5.41, 5.74) is 6.58. The number of hydrogen-bond acceptors (Lipinski definition) is 6. The Balaban J connectivity index is 1.54. The lowest BCUT2D eigenvalue weighted by Gasteiger charge is -2.05. The predicted molar refractivity (Wildman–Crippen MR) is 111 cm³/mol. The highest BCUT2D eigenvalue weighted by Crippen LogP contribution is 2.21. The number of nitrogens with one attached hydrogen (secondary N) is 2. The zero-order valence-electron chi connectivity index (χ0n) is 15.5. The Morgan fingerprint density at radius 3 is 2.37 bits per heavy atom. The maximum atomic E-state index is 13.0. The van der Waals surface area contributed by atoms with Crippen LogP contribution >= 0.6 is 11.3 Å². The molecule has 0 unspecified atom stereocenters. The number of aromatic nitrogens is 1. The van der Waals surface area contributed by atoms with Gasteiger partial charge >= 0.3 is 0 Å². The molecule has 8 nitrogen and oxygen atoms in total. The van der Waals surface area contributed by atoms with Gasteiger partial charge in [0.2, 0.25) is 11.8 Å². The van der Waals surface area contributed by atoms with Crippen LogP contribution in [-0.2, 0) is 21.2 Å². The van der Waals surface area contributed by atoms with E-state index in [1.54, 1.807) is 17.5 Å². The summed E-state index contributed by atoms with van der Waals surface area (Å²) in [6.07, 6.45) is 0.436. The second-order valence-electron chi connectivity index (χ2n) is 6.19. The van der Waals surface area contributed by atoms with Crippen molar-refractivity contribution in [1.82, 2.24) is 4.98 Å². The van der Waals surface area contributed by atoms with Crippen LogP contribution in [0.5, 0.6) is 0 Å². The standard InChI is InChI=1S/C19H17FN4O4S2/c20-13-3-8-16(9-4-13)30(27,28)24-19-23-15(11-29-19)7-10-17(25)22-14-5-1-12(2-6-14)18(21)26/h1-6,8-9,11H,7,10H2,(H2,21,26)(H,22,25)(H,23,24). The summed E-state index contributed by atoms with van der Waals surface area (Å²) in [6.45, 7) is 0. The number of benzene rings is 2. The number of aryl methyl sites for hydroxylation is 1. The number of rotatable bonds is 8. The average molecular weight is 449 g/mol. The van der Waals surface area contributed by atoms with E-state index in [4.69, 9.17) is 5.73 Å². The van der Waals surface area contributed by atoms with Gasteiger partial charge in [-0.2, -0.15) is 0 Å². The summed E-state index contributed by atoms with van der Waals surface area (Å²) in [4.78, 5) is 27.2. The van der Waals surface area contributed by atoms with Crippen molar-refractivity contribution >= 4 is 44.0 Å². The molecule has 1 heterocycles. The SMILES string of the molecule is NC(=O)c1ccc(NC(=O)CCc2csc(NS(=O)(=O)c3ccc(F)cc3)n2)cc1. The lowest BCUT2D eigenvalue weighted by molar-refractivity contribution is -0.116. The van der Waals surface area contributed by atoms with Crippen molar-refractivity contribution in [2.75, 3.05) is 10.0 Å². The van der Waals surface area contributed by atoms with Crippen LogP contribution in [0.2, 0.25) is 0 Å². The Morgan fingerprint density at radius 2 is 1.73 bits per heavy atom. The number of amides is 2. The van der Waals surface area contributed by atoms with E-state index < -0.39 is 21.7 Å². The molecule has 0 fully saturated rings. The van der Waals surface area contributed by atoms with Crippen LogP contribution in [0.15, 0.2) is 58.8 Å². The van der Waals surface area contributed by atoms with Crippen molar-refractivity contribution in [2.24, 2.45) is 5.73 Å². The van der Waals surface area contributed by atoms with E-state index >= 15 is 0 Å². The molecule has 0 radical (unpaired) electrons. The second-order valence-corrected chi connectivity index (χ2v) is 8.73. The van der Waals surface area contributed by atoms with Gasteiger partial charge in [0.05, 0.1) is 10.6 Å². The normalized spacial score (nSPS) is 11.1. The van der Waals surface area contributed by atoms with Gasteiger partial charge in [-0.05, 0) is 55.0 Å². The van der Waals surface area contributed by atoms with Crippen molar-refractivity contribution in [3.8, 4) is 0 Å². The van der Waals surface area contributed by atoms with Crippen molar-refractivity contribution in [3.05, 3.63) is 71.0 Å². The maximum absolute atomic E-state index is 13.0. The minimum Gasteiger partial charge on any atom is -0.366 e. The Morgan fingerprint density at radius 1 is 1.07 bits per heavy atom. The molecule has 0 aliphatic carbocycles. The maximum Gasteiger partial charge on any atom is 0.263 e. The quantitative estimate of drug-likeness (QED) is 0.488. The smallest absolute Gasteiger partial charge is 0.263 e. The number of sulfonamides is 1. The zero-order chi connectivity index (χ0) is 21.7. The Kier molecular flexibility index (Phi) is 6.43. The monoisotopic (exact) mass is 448 g/mol. The van der Waals surface area contributed by atoms with Gasteiger partial charge < -0.3 is 11.1 Å². The second kappa shape index (κ2) is 9.01. The Labute approximate surface area is 176 Å². The summed E-state index contributed by atoms with van der Waals surface area (Å²) in [5, 5.41) is 4.49. The predicted octanol–water partition coefficient (Wildman–Crippen LogP) is 2.75. The molecule has 0 aliphatic heterocycles. The van der Waals surface area contributed by atoms with Crippen molar-refractivity contribution in [2.45, 2.75) is 17.7 Å². The third kappa shape index (κ3) is 5.61. The lowest BCUT2D eigenvalue weighted by Crippen LogP contribution is -2.14. The molecule has 0 bridgehead atoms.